The van der Waals surface area contributed by atoms with Crippen molar-refractivity contribution < 1.29 is 13.2 Å². The van der Waals surface area contributed by atoms with Gasteiger partial charge in [0.25, 0.3) is 0 Å². The second kappa shape index (κ2) is 6.15. The molecule has 0 radical (unpaired) electrons. The van der Waals surface area contributed by atoms with Gasteiger partial charge in [-0.05, 0) is 42.8 Å². The summed E-state index contributed by atoms with van der Waals surface area (Å²) in [6.45, 7) is 1.78. The summed E-state index contributed by atoms with van der Waals surface area (Å²) in [5.41, 5.74) is 6.89. The van der Waals surface area contributed by atoms with Gasteiger partial charge < -0.3 is 10.5 Å². The zero-order valence-corrected chi connectivity index (χ0v) is 12.7. The second-order valence-electron chi connectivity index (χ2n) is 4.69. The molecule has 0 aliphatic heterocycles. The van der Waals surface area contributed by atoms with E-state index in [1.807, 2.05) is 12.1 Å². The topological polar surface area (TPSA) is 81.4 Å². The van der Waals surface area contributed by atoms with Crippen molar-refractivity contribution in [2.24, 2.45) is 0 Å². The van der Waals surface area contributed by atoms with Crippen LogP contribution in [0.3, 0.4) is 0 Å². The molecule has 21 heavy (non-hydrogen) atoms. The lowest BCUT2D eigenvalue weighted by molar-refractivity contribution is 0.414. The molecule has 0 aliphatic carbocycles. The van der Waals surface area contributed by atoms with Crippen molar-refractivity contribution in [2.45, 2.75) is 17.9 Å². The van der Waals surface area contributed by atoms with E-state index in [0.717, 1.165) is 11.3 Å². The standard InChI is InChI=1S/C15H18N2O3S/c1-11(12-6-8-14(20-2)9-7-12)17-21(18,19)15-5-3-4-13(16)10-15/h3-11,17H,16H2,1-2H3. The first kappa shape index (κ1) is 15.3. The van der Waals surface area contributed by atoms with E-state index in [4.69, 9.17) is 10.5 Å². The fraction of sp³-hybridized carbons (Fsp3) is 0.200. The van der Waals surface area contributed by atoms with Gasteiger partial charge in [0.15, 0.2) is 0 Å². The number of nitrogens with two attached hydrogens (primary N) is 1. The number of methoxy groups -OCH3 is 1. The number of nitrogen functional groups attached to an aromatic ring is 1. The molecular formula is C15H18N2O3S. The minimum atomic E-state index is -3.61. The van der Waals surface area contributed by atoms with Crippen LogP contribution < -0.4 is 15.2 Å². The Labute approximate surface area is 124 Å². The van der Waals surface area contributed by atoms with E-state index in [2.05, 4.69) is 4.72 Å². The highest BCUT2D eigenvalue weighted by molar-refractivity contribution is 7.89. The maximum absolute atomic E-state index is 12.3. The Morgan fingerprint density at radius 1 is 1.14 bits per heavy atom. The van der Waals surface area contributed by atoms with E-state index >= 15 is 0 Å². The third-order valence-electron chi connectivity index (χ3n) is 3.12. The SMILES string of the molecule is COc1ccc(C(C)NS(=O)(=O)c2cccc(N)c2)cc1. The number of nitrogens with one attached hydrogen (secondary N) is 1. The molecule has 0 saturated heterocycles. The van der Waals surface area contributed by atoms with E-state index in [0.29, 0.717) is 5.69 Å². The molecule has 6 heteroatoms. The van der Waals surface area contributed by atoms with Crippen LogP contribution in [0.5, 0.6) is 5.75 Å². The van der Waals surface area contributed by atoms with Gasteiger partial charge in [-0.25, -0.2) is 13.1 Å². The van der Waals surface area contributed by atoms with Gasteiger partial charge in [-0.3, -0.25) is 0 Å². The maximum Gasteiger partial charge on any atom is 0.241 e. The van der Waals surface area contributed by atoms with Crippen molar-refractivity contribution in [3.05, 3.63) is 54.1 Å². The monoisotopic (exact) mass is 306 g/mol. The van der Waals surface area contributed by atoms with Crippen molar-refractivity contribution in [3.63, 3.8) is 0 Å². The molecule has 0 saturated carbocycles. The molecule has 0 fully saturated rings. The van der Waals surface area contributed by atoms with Crippen LogP contribution in [0.25, 0.3) is 0 Å². The molecule has 2 aromatic carbocycles. The van der Waals surface area contributed by atoms with E-state index in [9.17, 15) is 8.42 Å². The molecule has 0 aliphatic rings. The van der Waals surface area contributed by atoms with Crippen LogP contribution >= 0.6 is 0 Å². The highest BCUT2D eigenvalue weighted by atomic mass is 32.2. The quantitative estimate of drug-likeness (QED) is 0.831. The van der Waals surface area contributed by atoms with Gasteiger partial charge in [-0.2, -0.15) is 0 Å². The largest absolute Gasteiger partial charge is 0.497 e. The summed E-state index contributed by atoms with van der Waals surface area (Å²) in [6.07, 6.45) is 0. The highest BCUT2D eigenvalue weighted by Crippen LogP contribution is 2.20. The van der Waals surface area contributed by atoms with Crippen LogP contribution in [-0.4, -0.2) is 15.5 Å². The van der Waals surface area contributed by atoms with Crippen LogP contribution in [0, 0.1) is 0 Å². The Morgan fingerprint density at radius 3 is 2.38 bits per heavy atom. The lowest BCUT2D eigenvalue weighted by atomic mass is 10.1. The summed E-state index contributed by atoms with van der Waals surface area (Å²) in [6, 6.07) is 13.1. The van der Waals surface area contributed by atoms with Crippen LogP contribution in [0.1, 0.15) is 18.5 Å². The van der Waals surface area contributed by atoms with Crippen LogP contribution in [0.4, 0.5) is 5.69 Å². The Bertz CT molecular complexity index is 712. The van der Waals surface area contributed by atoms with Gasteiger partial charge in [0.1, 0.15) is 5.75 Å². The fourth-order valence-corrected chi connectivity index (χ4v) is 3.23. The van der Waals surface area contributed by atoms with Gasteiger partial charge in [0.2, 0.25) is 10.0 Å². The summed E-state index contributed by atoms with van der Waals surface area (Å²) in [5.74, 6) is 0.727. The number of sulfonamides is 1. The average molecular weight is 306 g/mol. The van der Waals surface area contributed by atoms with Gasteiger partial charge in [0, 0.05) is 11.7 Å². The third kappa shape index (κ3) is 3.74. The number of benzene rings is 2. The van der Waals surface area contributed by atoms with Crippen molar-refractivity contribution in [1.82, 2.24) is 4.72 Å². The average Bonchev–Trinajstić information content (AvgIpc) is 2.47. The van der Waals surface area contributed by atoms with Gasteiger partial charge >= 0.3 is 0 Å². The van der Waals surface area contributed by atoms with E-state index in [1.165, 1.54) is 12.1 Å². The number of hydrogen-bond donors (Lipinski definition) is 2. The molecule has 3 N–H and O–H groups in total. The Hall–Kier alpha value is -2.05. The van der Waals surface area contributed by atoms with Crippen molar-refractivity contribution in [1.29, 1.82) is 0 Å². The summed E-state index contributed by atoms with van der Waals surface area (Å²) < 4.78 is 32.3. The van der Waals surface area contributed by atoms with E-state index < -0.39 is 10.0 Å². The summed E-state index contributed by atoms with van der Waals surface area (Å²) in [7, 11) is -2.02. The molecule has 0 heterocycles. The summed E-state index contributed by atoms with van der Waals surface area (Å²) in [4.78, 5) is 0.155. The first-order valence-corrected chi connectivity index (χ1v) is 7.92. The third-order valence-corrected chi connectivity index (χ3v) is 4.65. The van der Waals surface area contributed by atoms with E-state index in [1.54, 1.807) is 38.3 Å². The molecule has 1 unspecified atom stereocenters. The van der Waals surface area contributed by atoms with Crippen molar-refractivity contribution in [2.75, 3.05) is 12.8 Å². The molecule has 112 valence electrons. The lowest BCUT2D eigenvalue weighted by Crippen LogP contribution is -2.26. The normalized spacial score (nSPS) is 12.9. The second-order valence-corrected chi connectivity index (χ2v) is 6.40. The minimum Gasteiger partial charge on any atom is -0.497 e. The first-order chi connectivity index (χ1) is 9.92. The van der Waals surface area contributed by atoms with Crippen molar-refractivity contribution in [3.8, 4) is 5.75 Å². The zero-order chi connectivity index (χ0) is 15.5. The van der Waals surface area contributed by atoms with E-state index in [-0.39, 0.29) is 10.9 Å². The van der Waals surface area contributed by atoms with Crippen LogP contribution in [0.15, 0.2) is 53.4 Å². The Kier molecular flexibility index (Phi) is 4.50. The van der Waals surface area contributed by atoms with Gasteiger partial charge in [-0.15, -0.1) is 0 Å². The molecule has 2 rings (SSSR count). The van der Waals surface area contributed by atoms with Crippen LogP contribution in [0.2, 0.25) is 0 Å². The predicted octanol–water partition coefficient (Wildman–Crippen LogP) is 2.32. The first-order valence-electron chi connectivity index (χ1n) is 6.44. The van der Waals surface area contributed by atoms with Crippen LogP contribution in [-0.2, 0) is 10.0 Å². The maximum atomic E-state index is 12.3. The molecule has 0 aromatic heterocycles. The summed E-state index contributed by atoms with van der Waals surface area (Å²) in [5, 5.41) is 0. The predicted molar refractivity (Wildman–Crippen MR) is 82.6 cm³/mol. The molecule has 1 atom stereocenters. The smallest absolute Gasteiger partial charge is 0.241 e. The number of hydrogen-bond acceptors (Lipinski definition) is 4. The highest BCUT2D eigenvalue weighted by Gasteiger charge is 2.18. The molecule has 2 aromatic rings. The number of ether oxygens (including phenoxy) is 1. The lowest BCUT2D eigenvalue weighted by Gasteiger charge is -2.15. The molecule has 0 spiro atoms. The van der Waals surface area contributed by atoms with Gasteiger partial charge in [0.05, 0.1) is 12.0 Å². The summed E-state index contributed by atoms with van der Waals surface area (Å²) >= 11 is 0. The fourth-order valence-electron chi connectivity index (χ4n) is 1.94. The zero-order valence-electron chi connectivity index (χ0n) is 11.9. The molecule has 5 nitrogen and oxygen atoms in total. The van der Waals surface area contributed by atoms with Crippen molar-refractivity contribution >= 4 is 15.7 Å². The Balaban J connectivity index is 2.19. The minimum absolute atomic E-state index is 0.155. The Morgan fingerprint density at radius 2 is 1.81 bits per heavy atom. The van der Waals surface area contributed by atoms with Gasteiger partial charge in [-0.1, -0.05) is 18.2 Å². The molecular weight excluding hydrogens is 288 g/mol. The molecule has 0 bridgehead atoms. The number of rotatable bonds is 5. The number of anilines is 1. The molecule has 0 amide bonds.